The van der Waals surface area contributed by atoms with Crippen LogP contribution in [0.1, 0.15) is 64.9 Å². The summed E-state index contributed by atoms with van der Waals surface area (Å²) in [4.78, 5) is 38.6. The molecule has 1 aliphatic heterocycles. The molecule has 0 amide bonds. The first-order chi connectivity index (χ1) is 15.7. The maximum absolute atomic E-state index is 13.2. The van der Waals surface area contributed by atoms with Crippen LogP contribution in [0.3, 0.4) is 0 Å². The minimum absolute atomic E-state index is 0.0987. The average Bonchev–Trinajstić information content (AvgIpc) is 3.44. The Morgan fingerprint density at radius 1 is 1.39 bits per heavy atom. The molecule has 7 nitrogen and oxygen atoms in total. The number of furan rings is 1. The summed E-state index contributed by atoms with van der Waals surface area (Å²) in [5.74, 6) is -2.62. The van der Waals surface area contributed by atoms with E-state index >= 15 is 0 Å². The van der Waals surface area contributed by atoms with Gasteiger partial charge in [-0.25, -0.2) is 9.59 Å². The van der Waals surface area contributed by atoms with Crippen molar-refractivity contribution in [3.05, 3.63) is 47.5 Å². The normalized spacial score (nSPS) is 34.5. The van der Waals surface area contributed by atoms with Crippen LogP contribution in [0.25, 0.3) is 0 Å². The van der Waals surface area contributed by atoms with Crippen LogP contribution in [0.5, 0.6) is 0 Å². The standard InChI is InChI=1S/C26H32O7/c1-5-15(2)22(27)33-20-12-25-14-32-23(28)19(25)7-6-8-21(25)26(17(20)4,24(29)30)11-16(3)18-9-10-31-13-18/h5,7,9-10,13,16-17,20-21H,6,8,11-12,14H2,1-4H3,(H,29,30)/b15-5-/t16-,17+,20-,21-,25+,26+/m0/s1. The predicted octanol–water partition coefficient (Wildman–Crippen LogP) is 4.64. The highest BCUT2D eigenvalue weighted by atomic mass is 16.6. The van der Waals surface area contributed by atoms with Gasteiger partial charge in [0.15, 0.2) is 0 Å². The summed E-state index contributed by atoms with van der Waals surface area (Å²) < 4.78 is 16.7. The van der Waals surface area contributed by atoms with Crippen molar-refractivity contribution in [2.24, 2.45) is 22.7 Å². The lowest BCUT2D eigenvalue weighted by Crippen LogP contribution is -2.62. The van der Waals surface area contributed by atoms with Crippen molar-refractivity contribution in [1.29, 1.82) is 0 Å². The van der Waals surface area contributed by atoms with Crippen LogP contribution in [0.15, 0.2) is 46.3 Å². The summed E-state index contributed by atoms with van der Waals surface area (Å²) in [6.07, 6.45) is 8.13. The quantitative estimate of drug-likeness (QED) is 0.491. The molecule has 0 radical (unpaired) electrons. The van der Waals surface area contributed by atoms with E-state index < -0.39 is 34.8 Å². The number of rotatable bonds is 6. The number of cyclic esters (lactones) is 1. The molecule has 2 aliphatic carbocycles. The fourth-order valence-electron chi connectivity index (χ4n) is 6.48. The van der Waals surface area contributed by atoms with Crippen molar-refractivity contribution in [3.63, 3.8) is 0 Å². The topological polar surface area (TPSA) is 103 Å². The Morgan fingerprint density at radius 2 is 2.15 bits per heavy atom. The lowest BCUT2D eigenvalue weighted by molar-refractivity contribution is -0.193. The molecule has 0 unspecified atom stereocenters. The lowest BCUT2D eigenvalue weighted by atomic mass is 9.44. The minimum Gasteiger partial charge on any atom is -0.481 e. The van der Waals surface area contributed by atoms with Crippen molar-refractivity contribution in [2.45, 2.75) is 65.4 Å². The zero-order valence-corrected chi connectivity index (χ0v) is 19.6. The van der Waals surface area contributed by atoms with Gasteiger partial charge >= 0.3 is 17.9 Å². The molecule has 4 rings (SSSR count). The highest BCUT2D eigenvalue weighted by Gasteiger charge is 2.68. The molecule has 6 atom stereocenters. The van der Waals surface area contributed by atoms with E-state index in [0.717, 1.165) is 5.56 Å². The van der Waals surface area contributed by atoms with E-state index in [1.807, 2.05) is 26.0 Å². The largest absolute Gasteiger partial charge is 0.481 e. The summed E-state index contributed by atoms with van der Waals surface area (Å²) in [6, 6.07) is 1.85. The van der Waals surface area contributed by atoms with E-state index in [1.165, 1.54) is 0 Å². The highest BCUT2D eigenvalue weighted by Crippen LogP contribution is 2.65. The lowest BCUT2D eigenvalue weighted by Gasteiger charge is -2.58. The Balaban J connectivity index is 1.83. The van der Waals surface area contributed by atoms with Crippen molar-refractivity contribution in [2.75, 3.05) is 6.61 Å². The smallest absolute Gasteiger partial charge is 0.334 e. The SMILES string of the molecule is C/C=C(/C)C(=O)O[C@H]1C[C@@]23COC(=O)C2=CCC[C@@H]3[C@](C[C@H](C)c2ccoc2)(C(=O)O)[C@@H]1C. The van der Waals surface area contributed by atoms with Crippen molar-refractivity contribution < 1.29 is 33.4 Å². The fraction of sp³-hybridized carbons (Fsp3) is 0.577. The maximum Gasteiger partial charge on any atom is 0.334 e. The zero-order valence-electron chi connectivity index (χ0n) is 19.6. The molecule has 7 heteroatoms. The highest BCUT2D eigenvalue weighted by molar-refractivity contribution is 5.93. The third-order valence-electron chi connectivity index (χ3n) is 8.41. The Morgan fingerprint density at radius 3 is 2.79 bits per heavy atom. The van der Waals surface area contributed by atoms with Crippen LogP contribution in [-0.2, 0) is 23.9 Å². The van der Waals surface area contributed by atoms with E-state index in [0.29, 0.717) is 36.8 Å². The fourth-order valence-corrected chi connectivity index (χ4v) is 6.48. The van der Waals surface area contributed by atoms with Crippen molar-refractivity contribution in [3.8, 4) is 0 Å². The van der Waals surface area contributed by atoms with E-state index in [4.69, 9.17) is 13.9 Å². The van der Waals surface area contributed by atoms with Gasteiger partial charge < -0.3 is 19.0 Å². The molecule has 2 heterocycles. The molecule has 1 spiro atoms. The number of hydrogen-bond donors (Lipinski definition) is 1. The number of carboxylic acid groups (broad SMARTS) is 1. The molecule has 178 valence electrons. The first-order valence-electron chi connectivity index (χ1n) is 11.6. The molecule has 0 bridgehead atoms. The van der Waals surface area contributed by atoms with Gasteiger partial charge in [-0.1, -0.05) is 26.0 Å². The van der Waals surface area contributed by atoms with Gasteiger partial charge in [-0.15, -0.1) is 0 Å². The summed E-state index contributed by atoms with van der Waals surface area (Å²) in [5, 5.41) is 10.8. The van der Waals surface area contributed by atoms with Gasteiger partial charge in [-0.05, 0) is 63.0 Å². The Kier molecular flexibility index (Phi) is 6.01. The molecule has 3 aliphatic rings. The zero-order chi connectivity index (χ0) is 24.0. The Hall–Kier alpha value is -2.83. The second kappa shape index (κ2) is 8.50. The van der Waals surface area contributed by atoms with Crippen LogP contribution in [0.4, 0.5) is 0 Å². The molecule has 0 aromatic carbocycles. The Bertz CT molecular complexity index is 1000. The van der Waals surface area contributed by atoms with E-state index in [9.17, 15) is 19.5 Å². The minimum atomic E-state index is -1.21. The van der Waals surface area contributed by atoms with E-state index in [-0.39, 0.29) is 24.4 Å². The molecular formula is C26H32O7. The number of allylic oxidation sites excluding steroid dienone is 2. The molecule has 33 heavy (non-hydrogen) atoms. The summed E-state index contributed by atoms with van der Waals surface area (Å²) >= 11 is 0. The molecule has 2 fully saturated rings. The second-order valence-electron chi connectivity index (χ2n) is 9.90. The van der Waals surface area contributed by atoms with Crippen molar-refractivity contribution in [1.82, 2.24) is 0 Å². The van der Waals surface area contributed by atoms with Gasteiger partial charge in [-0.3, -0.25) is 4.79 Å². The monoisotopic (exact) mass is 456 g/mol. The average molecular weight is 457 g/mol. The summed E-state index contributed by atoms with van der Waals surface area (Å²) in [6.45, 7) is 7.43. The van der Waals surface area contributed by atoms with Crippen LogP contribution in [0, 0.1) is 22.7 Å². The molecule has 1 N–H and O–H groups in total. The summed E-state index contributed by atoms with van der Waals surface area (Å²) in [5.41, 5.74) is -0.0442. The van der Waals surface area contributed by atoms with Gasteiger partial charge in [0.1, 0.15) is 12.7 Å². The van der Waals surface area contributed by atoms with Gasteiger partial charge in [0, 0.05) is 22.5 Å². The molecule has 1 aromatic rings. The van der Waals surface area contributed by atoms with Crippen molar-refractivity contribution >= 4 is 17.9 Å². The Labute approximate surface area is 193 Å². The van der Waals surface area contributed by atoms with Gasteiger partial charge in [0.25, 0.3) is 0 Å². The number of carbonyl (C=O) groups is 3. The van der Waals surface area contributed by atoms with Crippen LogP contribution in [0.2, 0.25) is 0 Å². The number of esters is 2. The number of ether oxygens (including phenoxy) is 2. The van der Waals surface area contributed by atoms with Crippen LogP contribution < -0.4 is 0 Å². The summed E-state index contributed by atoms with van der Waals surface area (Å²) in [7, 11) is 0. The first kappa shape index (κ1) is 23.3. The number of carbonyl (C=O) groups excluding carboxylic acids is 2. The van der Waals surface area contributed by atoms with Gasteiger partial charge in [0.05, 0.1) is 17.9 Å². The molecule has 1 aromatic heterocycles. The van der Waals surface area contributed by atoms with Crippen LogP contribution >= 0.6 is 0 Å². The number of aliphatic carboxylic acids is 1. The molecule has 1 saturated heterocycles. The second-order valence-corrected chi connectivity index (χ2v) is 9.90. The number of hydrogen-bond acceptors (Lipinski definition) is 6. The van der Waals surface area contributed by atoms with Gasteiger partial charge in [-0.2, -0.15) is 0 Å². The van der Waals surface area contributed by atoms with Crippen LogP contribution in [-0.4, -0.2) is 35.7 Å². The third kappa shape index (κ3) is 3.52. The van der Waals surface area contributed by atoms with E-state index in [1.54, 1.807) is 32.4 Å². The number of carboxylic acids is 1. The first-order valence-corrected chi connectivity index (χ1v) is 11.6. The molecular weight excluding hydrogens is 424 g/mol. The molecule has 1 saturated carbocycles. The predicted molar refractivity (Wildman–Crippen MR) is 119 cm³/mol. The van der Waals surface area contributed by atoms with Gasteiger partial charge in [0.2, 0.25) is 0 Å². The van der Waals surface area contributed by atoms with E-state index in [2.05, 4.69) is 0 Å². The maximum atomic E-state index is 13.2. The third-order valence-corrected chi connectivity index (χ3v) is 8.41.